The van der Waals surface area contributed by atoms with Crippen LogP contribution in [0.1, 0.15) is 0 Å². The maximum absolute atomic E-state index is 11.6. The molecule has 0 spiro atoms. The van der Waals surface area contributed by atoms with Gasteiger partial charge in [0.1, 0.15) is 11.6 Å². The molecule has 0 unspecified atom stereocenters. The Labute approximate surface area is 94.0 Å². The van der Waals surface area contributed by atoms with Gasteiger partial charge in [-0.1, -0.05) is 0 Å². The minimum absolute atomic E-state index is 0.0572. The quantitative estimate of drug-likeness (QED) is 0.604. The smallest absolute Gasteiger partial charge is 0.267 e. The lowest BCUT2D eigenvalue weighted by Crippen LogP contribution is -2.16. The lowest BCUT2D eigenvalue weighted by atomic mass is 10.3. The molecule has 0 bridgehead atoms. The van der Waals surface area contributed by atoms with Gasteiger partial charge in [-0.2, -0.15) is 5.26 Å². The Morgan fingerprint density at radius 1 is 1.50 bits per heavy atom. The third-order valence-corrected chi connectivity index (χ3v) is 1.69. The predicted molar refractivity (Wildman–Crippen MR) is 60.2 cm³/mol. The van der Waals surface area contributed by atoms with E-state index in [1.54, 1.807) is 43.5 Å². The average molecular weight is 216 g/mol. The lowest BCUT2D eigenvalue weighted by molar-refractivity contribution is -0.112. The van der Waals surface area contributed by atoms with Crippen molar-refractivity contribution < 1.29 is 4.79 Å². The SMILES string of the molecule is CN(C)/C=C(/C#N)C(=O)Nc1ccncc1. The molecule has 1 heterocycles. The number of hydrogen-bond acceptors (Lipinski definition) is 4. The number of nitriles is 1. The van der Waals surface area contributed by atoms with Crippen molar-refractivity contribution >= 4 is 11.6 Å². The van der Waals surface area contributed by atoms with E-state index in [1.807, 2.05) is 6.07 Å². The summed E-state index contributed by atoms with van der Waals surface area (Å²) in [7, 11) is 3.49. The molecule has 0 aliphatic carbocycles. The Hall–Kier alpha value is -2.35. The van der Waals surface area contributed by atoms with Gasteiger partial charge in [0.05, 0.1) is 0 Å². The summed E-state index contributed by atoms with van der Waals surface area (Å²) in [6, 6.07) is 5.16. The average Bonchev–Trinajstić information content (AvgIpc) is 2.26. The zero-order valence-corrected chi connectivity index (χ0v) is 9.14. The number of aromatic nitrogens is 1. The molecule has 82 valence electrons. The van der Waals surface area contributed by atoms with E-state index in [0.29, 0.717) is 5.69 Å². The fourth-order valence-electron chi connectivity index (χ4n) is 1.03. The van der Waals surface area contributed by atoms with Crippen LogP contribution in [0.25, 0.3) is 0 Å². The van der Waals surface area contributed by atoms with E-state index in [1.165, 1.54) is 6.20 Å². The maximum Gasteiger partial charge on any atom is 0.267 e. The minimum Gasteiger partial charge on any atom is -0.382 e. The van der Waals surface area contributed by atoms with Crippen LogP contribution in [0.3, 0.4) is 0 Å². The normalized spacial score (nSPS) is 10.4. The number of rotatable bonds is 3. The van der Waals surface area contributed by atoms with Crippen molar-refractivity contribution in [1.82, 2.24) is 9.88 Å². The molecule has 0 saturated heterocycles. The summed E-state index contributed by atoms with van der Waals surface area (Å²) in [5, 5.41) is 11.4. The Morgan fingerprint density at radius 3 is 2.62 bits per heavy atom. The van der Waals surface area contributed by atoms with E-state index in [2.05, 4.69) is 10.3 Å². The molecule has 0 fully saturated rings. The highest BCUT2D eigenvalue weighted by atomic mass is 16.1. The predicted octanol–water partition coefficient (Wildman–Crippen LogP) is 0.989. The van der Waals surface area contributed by atoms with Crippen LogP contribution in [-0.4, -0.2) is 29.9 Å². The van der Waals surface area contributed by atoms with Gasteiger partial charge >= 0.3 is 0 Å². The first-order valence-electron chi connectivity index (χ1n) is 4.63. The first-order chi connectivity index (χ1) is 7.63. The number of nitrogens with one attached hydrogen (secondary N) is 1. The fraction of sp³-hybridized carbons (Fsp3) is 0.182. The highest BCUT2D eigenvalue weighted by molar-refractivity contribution is 6.06. The van der Waals surface area contributed by atoms with Gasteiger partial charge in [-0.3, -0.25) is 9.78 Å². The van der Waals surface area contributed by atoms with Crippen molar-refractivity contribution in [2.45, 2.75) is 0 Å². The molecular weight excluding hydrogens is 204 g/mol. The van der Waals surface area contributed by atoms with Gasteiger partial charge in [-0.05, 0) is 12.1 Å². The van der Waals surface area contributed by atoms with E-state index in [9.17, 15) is 4.79 Å². The van der Waals surface area contributed by atoms with Crippen molar-refractivity contribution in [1.29, 1.82) is 5.26 Å². The van der Waals surface area contributed by atoms with Crippen LogP contribution in [0.15, 0.2) is 36.3 Å². The number of pyridine rings is 1. The van der Waals surface area contributed by atoms with Crippen LogP contribution < -0.4 is 5.32 Å². The van der Waals surface area contributed by atoms with Gasteiger partial charge in [0.25, 0.3) is 5.91 Å². The molecule has 0 aliphatic heterocycles. The highest BCUT2D eigenvalue weighted by Crippen LogP contribution is 2.06. The Balaban J connectivity index is 2.76. The number of nitrogens with zero attached hydrogens (tertiary/aromatic N) is 3. The summed E-state index contributed by atoms with van der Waals surface area (Å²) in [6.07, 6.45) is 4.60. The molecular formula is C11H12N4O. The van der Waals surface area contributed by atoms with Crippen LogP contribution in [0.2, 0.25) is 0 Å². The Morgan fingerprint density at radius 2 is 2.12 bits per heavy atom. The molecule has 0 radical (unpaired) electrons. The third-order valence-electron chi connectivity index (χ3n) is 1.69. The molecule has 1 aromatic rings. The largest absolute Gasteiger partial charge is 0.382 e. The molecule has 5 heteroatoms. The molecule has 16 heavy (non-hydrogen) atoms. The zero-order chi connectivity index (χ0) is 12.0. The van der Waals surface area contributed by atoms with Gasteiger partial charge in [-0.15, -0.1) is 0 Å². The van der Waals surface area contributed by atoms with Gasteiger partial charge in [0.15, 0.2) is 0 Å². The molecule has 0 saturated carbocycles. The topological polar surface area (TPSA) is 69.0 Å². The summed E-state index contributed by atoms with van der Waals surface area (Å²) in [5.41, 5.74) is 0.668. The standard InChI is InChI=1S/C11H12N4O/c1-15(2)8-9(7-12)11(16)14-10-3-5-13-6-4-10/h3-6,8H,1-2H3,(H,13,14,16)/b9-8-. The second-order valence-electron chi connectivity index (χ2n) is 3.31. The molecule has 1 rings (SSSR count). The lowest BCUT2D eigenvalue weighted by Gasteiger charge is -2.07. The number of carbonyl (C=O) groups excluding carboxylic acids is 1. The van der Waals surface area contributed by atoms with Gasteiger partial charge in [0, 0.05) is 38.4 Å². The van der Waals surface area contributed by atoms with Gasteiger partial charge in [0.2, 0.25) is 0 Å². The van der Waals surface area contributed by atoms with E-state index >= 15 is 0 Å². The molecule has 5 nitrogen and oxygen atoms in total. The zero-order valence-electron chi connectivity index (χ0n) is 9.14. The first-order valence-corrected chi connectivity index (χ1v) is 4.63. The maximum atomic E-state index is 11.6. The molecule has 0 aromatic carbocycles. The van der Waals surface area contributed by atoms with Crippen molar-refractivity contribution in [2.24, 2.45) is 0 Å². The molecule has 1 N–H and O–H groups in total. The highest BCUT2D eigenvalue weighted by Gasteiger charge is 2.09. The second kappa shape index (κ2) is 5.51. The number of carbonyl (C=O) groups is 1. The second-order valence-corrected chi connectivity index (χ2v) is 3.31. The fourth-order valence-corrected chi connectivity index (χ4v) is 1.03. The van der Waals surface area contributed by atoms with Crippen molar-refractivity contribution in [3.8, 4) is 6.07 Å². The van der Waals surface area contributed by atoms with E-state index in [4.69, 9.17) is 5.26 Å². The summed E-state index contributed by atoms with van der Waals surface area (Å²) in [5.74, 6) is -0.428. The van der Waals surface area contributed by atoms with Crippen LogP contribution in [-0.2, 0) is 4.79 Å². The monoisotopic (exact) mass is 216 g/mol. The number of anilines is 1. The van der Waals surface area contributed by atoms with E-state index in [-0.39, 0.29) is 5.57 Å². The summed E-state index contributed by atoms with van der Waals surface area (Å²) in [6.45, 7) is 0. The third kappa shape index (κ3) is 3.42. The van der Waals surface area contributed by atoms with E-state index in [0.717, 1.165) is 0 Å². The number of amides is 1. The minimum atomic E-state index is -0.428. The Bertz CT molecular complexity index is 431. The molecule has 1 aromatic heterocycles. The number of hydrogen-bond donors (Lipinski definition) is 1. The van der Waals surface area contributed by atoms with E-state index < -0.39 is 5.91 Å². The Kier molecular flexibility index (Phi) is 4.04. The van der Waals surface area contributed by atoms with Crippen LogP contribution in [0.4, 0.5) is 5.69 Å². The van der Waals surface area contributed by atoms with Crippen molar-refractivity contribution in [3.63, 3.8) is 0 Å². The molecule has 0 atom stereocenters. The van der Waals surface area contributed by atoms with Crippen LogP contribution >= 0.6 is 0 Å². The molecule has 0 aliphatic rings. The van der Waals surface area contributed by atoms with Gasteiger partial charge < -0.3 is 10.2 Å². The van der Waals surface area contributed by atoms with Crippen LogP contribution in [0, 0.1) is 11.3 Å². The van der Waals surface area contributed by atoms with Crippen molar-refractivity contribution in [3.05, 3.63) is 36.3 Å². The van der Waals surface area contributed by atoms with Crippen LogP contribution in [0.5, 0.6) is 0 Å². The summed E-state index contributed by atoms with van der Waals surface area (Å²) < 4.78 is 0. The summed E-state index contributed by atoms with van der Waals surface area (Å²) in [4.78, 5) is 17.1. The molecule has 1 amide bonds. The summed E-state index contributed by atoms with van der Waals surface area (Å²) >= 11 is 0. The van der Waals surface area contributed by atoms with Crippen molar-refractivity contribution in [2.75, 3.05) is 19.4 Å². The first kappa shape index (κ1) is 11.7. The van der Waals surface area contributed by atoms with Gasteiger partial charge in [-0.25, -0.2) is 0 Å².